The van der Waals surface area contributed by atoms with Crippen LogP contribution < -0.4 is 14.8 Å². The van der Waals surface area contributed by atoms with Crippen LogP contribution in [0.4, 0.5) is 0 Å². The summed E-state index contributed by atoms with van der Waals surface area (Å²) in [5, 5.41) is 3.28. The summed E-state index contributed by atoms with van der Waals surface area (Å²) in [4.78, 5) is 12.2. The summed E-state index contributed by atoms with van der Waals surface area (Å²) in [5.74, 6) is 1.04. The second-order valence-corrected chi connectivity index (χ2v) is 5.63. The molecule has 0 aromatic heterocycles. The molecule has 0 bridgehead atoms. The fourth-order valence-electron chi connectivity index (χ4n) is 2.09. The zero-order valence-electron chi connectivity index (χ0n) is 13.5. The fraction of sp³-hybridized carbons (Fsp3) is 0.278. The highest BCUT2D eigenvalue weighted by Gasteiger charge is 2.12. The molecule has 2 rings (SSSR count). The third-order valence-corrected chi connectivity index (χ3v) is 3.78. The topological polar surface area (TPSA) is 47.6 Å². The van der Waals surface area contributed by atoms with Gasteiger partial charge in [0.25, 0.3) is 5.91 Å². The largest absolute Gasteiger partial charge is 0.496 e. The molecule has 122 valence electrons. The zero-order valence-corrected chi connectivity index (χ0v) is 14.2. The quantitative estimate of drug-likeness (QED) is 0.818. The Morgan fingerprint density at radius 3 is 2.61 bits per heavy atom. The second-order valence-electron chi connectivity index (χ2n) is 5.20. The first-order chi connectivity index (χ1) is 11.0. The van der Waals surface area contributed by atoms with Crippen LogP contribution in [0, 0.1) is 13.8 Å². The van der Waals surface area contributed by atoms with Crippen LogP contribution in [0.1, 0.15) is 21.5 Å². The van der Waals surface area contributed by atoms with Crippen molar-refractivity contribution in [3.05, 3.63) is 58.1 Å². The lowest BCUT2D eigenvalue weighted by atomic mass is 10.1. The number of rotatable bonds is 6. The first-order valence-electron chi connectivity index (χ1n) is 7.33. The molecule has 0 fully saturated rings. The number of ether oxygens (including phenoxy) is 2. The minimum Gasteiger partial charge on any atom is -0.496 e. The number of hydrogen-bond acceptors (Lipinski definition) is 3. The molecule has 0 atom stereocenters. The van der Waals surface area contributed by atoms with Gasteiger partial charge in [-0.1, -0.05) is 17.7 Å². The molecule has 23 heavy (non-hydrogen) atoms. The Morgan fingerprint density at radius 1 is 1.13 bits per heavy atom. The molecule has 0 saturated heterocycles. The molecule has 0 aliphatic carbocycles. The van der Waals surface area contributed by atoms with Crippen LogP contribution in [0.25, 0.3) is 0 Å². The van der Waals surface area contributed by atoms with Gasteiger partial charge in [-0.3, -0.25) is 4.79 Å². The van der Waals surface area contributed by atoms with E-state index in [2.05, 4.69) is 12.2 Å². The predicted octanol–water partition coefficient (Wildman–Crippen LogP) is 3.77. The SMILES string of the molecule is COc1ccc(Cl)cc1C(=O)NCCOc1ccc(C)c(C)c1. The van der Waals surface area contributed by atoms with Gasteiger partial charge >= 0.3 is 0 Å². The Kier molecular flexibility index (Phi) is 5.88. The number of halogens is 1. The molecule has 1 amide bonds. The van der Waals surface area contributed by atoms with E-state index < -0.39 is 0 Å². The Labute approximate surface area is 141 Å². The maximum atomic E-state index is 12.2. The van der Waals surface area contributed by atoms with E-state index in [0.717, 1.165) is 5.75 Å². The summed E-state index contributed by atoms with van der Waals surface area (Å²) < 4.78 is 10.8. The van der Waals surface area contributed by atoms with Gasteiger partial charge in [-0.25, -0.2) is 0 Å². The van der Waals surface area contributed by atoms with Gasteiger partial charge in [-0.15, -0.1) is 0 Å². The van der Waals surface area contributed by atoms with Crippen LogP contribution in [0.15, 0.2) is 36.4 Å². The molecule has 2 aromatic rings. The summed E-state index contributed by atoms with van der Waals surface area (Å²) >= 11 is 5.93. The maximum absolute atomic E-state index is 12.2. The van der Waals surface area contributed by atoms with Crippen LogP contribution in [-0.2, 0) is 0 Å². The summed E-state index contributed by atoms with van der Waals surface area (Å²) in [6.45, 7) is 4.87. The van der Waals surface area contributed by atoms with Crippen LogP contribution in [-0.4, -0.2) is 26.2 Å². The van der Waals surface area contributed by atoms with E-state index in [1.807, 2.05) is 25.1 Å². The number of nitrogens with one attached hydrogen (secondary N) is 1. The molecule has 0 unspecified atom stereocenters. The highest BCUT2D eigenvalue weighted by Crippen LogP contribution is 2.22. The summed E-state index contributed by atoms with van der Waals surface area (Å²) in [6.07, 6.45) is 0. The lowest BCUT2D eigenvalue weighted by Gasteiger charge is -2.11. The maximum Gasteiger partial charge on any atom is 0.255 e. The van der Waals surface area contributed by atoms with E-state index in [1.165, 1.54) is 18.2 Å². The highest BCUT2D eigenvalue weighted by molar-refractivity contribution is 6.31. The van der Waals surface area contributed by atoms with E-state index in [1.54, 1.807) is 18.2 Å². The molecular weight excluding hydrogens is 314 g/mol. The summed E-state index contributed by atoms with van der Waals surface area (Å²) in [5.41, 5.74) is 2.81. The number of carbonyl (C=O) groups excluding carboxylic acids is 1. The average molecular weight is 334 g/mol. The minimum absolute atomic E-state index is 0.243. The highest BCUT2D eigenvalue weighted by atomic mass is 35.5. The van der Waals surface area contributed by atoms with Crippen molar-refractivity contribution in [1.82, 2.24) is 5.32 Å². The average Bonchev–Trinajstić information content (AvgIpc) is 2.54. The lowest BCUT2D eigenvalue weighted by Crippen LogP contribution is -2.28. The monoisotopic (exact) mass is 333 g/mol. The van der Waals surface area contributed by atoms with Gasteiger partial charge in [0, 0.05) is 5.02 Å². The van der Waals surface area contributed by atoms with Crippen molar-refractivity contribution in [1.29, 1.82) is 0 Å². The third kappa shape index (κ3) is 4.63. The Bertz CT molecular complexity index is 701. The van der Waals surface area contributed by atoms with E-state index >= 15 is 0 Å². The van der Waals surface area contributed by atoms with E-state index in [0.29, 0.717) is 29.5 Å². The predicted molar refractivity (Wildman–Crippen MR) is 91.7 cm³/mol. The first-order valence-corrected chi connectivity index (χ1v) is 7.71. The van der Waals surface area contributed by atoms with Gasteiger partial charge in [0.1, 0.15) is 18.1 Å². The first kappa shape index (κ1) is 17.2. The fourth-order valence-corrected chi connectivity index (χ4v) is 2.26. The van der Waals surface area contributed by atoms with Crippen molar-refractivity contribution in [3.63, 3.8) is 0 Å². The number of amides is 1. The van der Waals surface area contributed by atoms with Crippen LogP contribution >= 0.6 is 11.6 Å². The molecule has 0 heterocycles. The molecular formula is C18H20ClNO3. The molecule has 5 heteroatoms. The second kappa shape index (κ2) is 7.88. The Morgan fingerprint density at radius 2 is 1.91 bits per heavy atom. The van der Waals surface area contributed by atoms with Crippen molar-refractivity contribution in [2.75, 3.05) is 20.3 Å². The van der Waals surface area contributed by atoms with Crippen LogP contribution in [0.2, 0.25) is 5.02 Å². The molecule has 2 aromatic carbocycles. The number of methoxy groups -OCH3 is 1. The number of aryl methyl sites for hydroxylation is 2. The molecule has 0 saturated carbocycles. The van der Waals surface area contributed by atoms with E-state index in [9.17, 15) is 4.79 Å². The third-order valence-electron chi connectivity index (χ3n) is 3.54. The van der Waals surface area contributed by atoms with Gasteiger partial charge in [0.2, 0.25) is 0 Å². The van der Waals surface area contributed by atoms with E-state index in [-0.39, 0.29) is 5.91 Å². The van der Waals surface area contributed by atoms with Crippen molar-refractivity contribution in [3.8, 4) is 11.5 Å². The molecule has 0 aliphatic heterocycles. The van der Waals surface area contributed by atoms with Gasteiger partial charge in [-0.2, -0.15) is 0 Å². The van der Waals surface area contributed by atoms with Gasteiger partial charge in [0.15, 0.2) is 0 Å². The lowest BCUT2D eigenvalue weighted by molar-refractivity contribution is 0.0944. The summed E-state index contributed by atoms with van der Waals surface area (Å²) in [7, 11) is 1.52. The normalized spacial score (nSPS) is 10.3. The molecule has 4 nitrogen and oxygen atoms in total. The zero-order chi connectivity index (χ0) is 16.8. The standard InChI is InChI=1S/C18H20ClNO3/c1-12-4-6-15(10-13(12)2)23-9-8-20-18(21)16-11-14(19)5-7-17(16)22-3/h4-7,10-11H,8-9H2,1-3H3,(H,20,21). The van der Waals surface area contributed by atoms with Crippen molar-refractivity contribution < 1.29 is 14.3 Å². The van der Waals surface area contributed by atoms with E-state index in [4.69, 9.17) is 21.1 Å². The van der Waals surface area contributed by atoms with Crippen LogP contribution in [0.3, 0.4) is 0 Å². The number of benzene rings is 2. The molecule has 0 spiro atoms. The van der Waals surface area contributed by atoms with Gasteiger partial charge in [-0.05, 0) is 55.3 Å². The molecule has 0 aliphatic rings. The van der Waals surface area contributed by atoms with Crippen LogP contribution in [0.5, 0.6) is 11.5 Å². The van der Waals surface area contributed by atoms with Crippen molar-refractivity contribution in [2.45, 2.75) is 13.8 Å². The Balaban J connectivity index is 1.87. The molecule has 0 radical (unpaired) electrons. The minimum atomic E-state index is -0.243. The van der Waals surface area contributed by atoms with Crippen molar-refractivity contribution in [2.24, 2.45) is 0 Å². The number of carbonyl (C=O) groups is 1. The smallest absolute Gasteiger partial charge is 0.255 e. The van der Waals surface area contributed by atoms with Gasteiger partial charge in [0.05, 0.1) is 19.2 Å². The number of hydrogen-bond donors (Lipinski definition) is 1. The molecule has 1 N–H and O–H groups in total. The summed E-state index contributed by atoms with van der Waals surface area (Å²) in [6, 6.07) is 10.9. The van der Waals surface area contributed by atoms with Crippen molar-refractivity contribution >= 4 is 17.5 Å². The van der Waals surface area contributed by atoms with Gasteiger partial charge < -0.3 is 14.8 Å². The Hall–Kier alpha value is -2.20.